The molecule has 0 saturated carbocycles. The molecule has 0 spiro atoms. The number of carbonyl (C=O) groups is 1. The second-order valence-electron chi connectivity index (χ2n) is 7.53. The maximum Gasteiger partial charge on any atom is 0.227 e. The summed E-state index contributed by atoms with van der Waals surface area (Å²) < 4.78 is 13.8. The molecule has 5 nitrogen and oxygen atoms in total. The Hall–Kier alpha value is -2.34. The predicted octanol–water partition coefficient (Wildman–Crippen LogP) is 2.90. The minimum absolute atomic E-state index is 0.0539. The molecule has 1 saturated heterocycles. The number of rotatable bonds is 3. The zero-order valence-electron chi connectivity index (χ0n) is 15.7. The van der Waals surface area contributed by atoms with Gasteiger partial charge in [-0.05, 0) is 38.1 Å². The van der Waals surface area contributed by atoms with Crippen LogP contribution >= 0.6 is 0 Å². The van der Waals surface area contributed by atoms with Crippen LogP contribution in [0.4, 0.5) is 4.39 Å². The molecular formula is C21H25FN4O. The van der Waals surface area contributed by atoms with Gasteiger partial charge in [-0.15, -0.1) is 0 Å². The van der Waals surface area contributed by atoms with E-state index in [1.807, 2.05) is 6.20 Å². The number of aromatic nitrogens is 2. The molecule has 1 fully saturated rings. The normalized spacial score (nSPS) is 20.4. The Morgan fingerprint density at radius 3 is 2.93 bits per heavy atom. The highest BCUT2D eigenvalue weighted by atomic mass is 19.1. The number of hydrogen-bond acceptors (Lipinski definition) is 4. The van der Waals surface area contributed by atoms with Crippen LogP contribution in [0.5, 0.6) is 0 Å². The van der Waals surface area contributed by atoms with Crippen molar-refractivity contribution in [1.29, 1.82) is 0 Å². The molecule has 2 aliphatic heterocycles. The summed E-state index contributed by atoms with van der Waals surface area (Å²) in [5, 5.41) is 0. The van der Waals surface area contributed by atoms with Crippen molar-refractivity contribution in [2.45, 2.75) is 44.7 Å². The molecule has 3 heterocycles. The largest absolute Gasteiger partial charge is 0.338 e. The van der Waals surface area contributed by atoms with Crippen molar-refractivity contribution >= 4 is 5.91 Å². The minimum Gasteiger partial charge on any atom is -0.338 e. The summed E-state index contributed by atoms with van der Waals surface area (Å²) in [4.78, 5) is 26.1. The van der Waals surface area contributed by atoms with E-state index in [9.17, 15) is 9.18 Å². The first kappa shape index (κ1) is 18.0. The Morgan fingerprint density at radius 2 is 2.11 bits per heavy atom. The third-order valence-corrected chi connectivity index (χ3v) is 5.67. The lowest BCUT2D eigenvalue weighted by Crippen LogP contribution is -2.38. The first-order chi connectivity index (χ1) is 13.1. The summed E-state index contributed by atoms with van der Waals surface area (Å²) in [6, 6.07) is 6.76. The topological polar surface area (TPSA) is 49.3 Å². The van der Waals surface area contributed by atoms with Gasteiger partial charge in [0.05, 0.1) is 18.2 Å². The number of likely N-dealkylation sites (tertiary alicyclic amines) is 1. The van der Waals surface area contributed by atoms with Gasteiger partial charge >= 0.3 is 0 Å². The third-order valence-electron chi connectivity index (χ3n) is 5.67. The molecular weight excluding hydrogens is 343 g/mol. The number of halogens is 1. The maximum absolute atomic E-state index is 13.8. The molecule has 4 rings (SSSR count). The van der Waals surface area contributed by atoms with Gasteiger partial charge in [0.2, 0.25) is 5.91 Å². The quantitative estimate of drug-likeness (QED) is 0.836. The summed E-state index contributed by atoms with van der Waals surface area (Å²) in [5.41, 5.74) is 2.50. The van der Waals surface area contributed by atoms with Crippen LogP contribution in [0, 0.1) is 5.82 Å². The average Bonchev–Trinajstić information content (AvgIpc) is 2.69. The fourth-order valence-electron chi connectivity index (χ4n) is 4.02. The van der Waals surface area contributed by atoms with Crippen LogP contribution in [0.1, 0.15) is 47.9 Å². The standard InChI is InChI=1S/C21H25FN4O/c1-25-10-5-4-8-19(25)21-23-13-16-14-26(11-9-18(16)24-21)20(27)12-15-6-2-3-7-17(15)22/h2-3,6-7,13,19H,4-5,8-12,14H2,1H3/t19-/m1/s1. The third kappa shape index (κ3) is 3.86. The summed E-state index contributed by atoms with van der Waals surface area (Å²) in [5.74, 6) is 0.525. The Labute approximate surface area is 159 Å². The van der Waals surface area contributed by atoms with Gasteiger partial charge in [-0.2, -0.15) is 0 Å². The van der Waals surface area contributed by atoms with Crippen LogP contribution < -0.4 is 0 Å². The van der Waals surface area contributed by atoms with E-state index in [-0.39, 0.29) is 18.1 Å². The molecule has 6 heteroatoms. The summed E-state index contributed by atoms with van der Waals surface area (Å²) >= 11 is 0. The predicted molar refractivity (Wildman–Crippen MR) is 100 cm³/mol. The first-order valence-corrected chi connectivity index (χ1v) is 9.68. The number of carbonyl (C=O) groups excluding carboxylic acids is 1. The van der Waals surface area contributed by atoms with Crippen molar-refractivity contribution in [2.75, 3.05) is 20.1 Å². The van der Waals surface area contributed by atoms with Gasteiger partial charge in [0.15, 0.2) is 0 Å². The molecule has 0 radical (unpaired) electrons. The van der Waals surface area contributed by atoms with E-state index in [1.165, 1.54) is 18.9 Å². The van der Waals surface area contributed by atoms with Gasteiger partial charge in [-0.25, -0.2) is 14.4 Å². The first-order valence-electron chi connectivity index (χ1n) is 9.68. The van der Waals surface area contributed by atoms with Crippen LogP contribution in [0.15, 0.2) is 30.5 Å². The molecule has 1 aromatic heterocycles. The number of hydrogen-bond donors (Lipinski definition) is 0. The smallest absolute Gasteiger partial charge is 0.227 e. The van der Waals surface area contributed by atoms with Gasteiger partial charge in [-0.1, -0.05) is 24.6 Å². The van der Waals surface area contributed by atoms with Crippen molar-refractivity contribution in [3.8, 4) is 0 Å². The van der Waals surface area contributed by atoms with E-state index < -0.39 is 0 Å². The number of benzene rings is 1. The molecule has 1 amide bonds. The molecule has 2 aliphatic rings. The van der Waals surface area contributed by atoms with E-state index in [0.717, 1.165) is 36.5 Å². The van der Waals surface area contributed by atoms with E-state index in [1.54, 1.807) is 23.1 Å². The zero-order valence-corrected chi connectivity index (χ0v) is 15.7. The molecule has 1 aromatic carbocycles. The molecule has 2 aromatic rings. The summed E-state index contributed by atoms with van der Waals surface area (Å²) in [6.07, 6.45) is 6.24. The monoisotopic (exact) mass is 368 g/mol. The van der Waals surface area contributed by atoms with Gasteiger partial charge < -0.3 is 4.90 Å². The lowest BCUT2D eigenvalue weighted by molar-refractivity contribution is -0.131. The fraction of sp³-hybridized carbons (Fsp3) is 0.476. The lowest BCUT2D eigenvalue weighted by Gasteiger charge is -2.33. The maximum atomic E-state index is 13.8. The summed E-state index contributed by atoms with van der Waals surface area (Å²) in [7, 11) is 2.13. The van der Waals surface area contributed by atoms with Crippen molar-refractivity contribution in [2.24, 2.45) is 0 Å². The number of fused-ring (bicyclic) bond motifs is 1. The molecule has 0 aliphatic carbocycles. The Kier molecular flexibility index (Phi) is 5.16. The Balaban J connectivity index is 1.45. The zero-order chi connectivity index (χ0) is 18.8. The summed E-state index contributed by atoms with van der Waals surface area (Å²) in [6.45, 7) is 2.21. The second kappa shape index (κ2) is 7.72. The van der Waals surface area contributed by atoms with Crippen LogP contribution in [0.2, 0.25) is 0 Å². The molecule has 1 atom stereocenters. The van der Waals surface area contributed by atoms with E-state index in [4.69, 9.17) is 4.98 Å². The van der Waals surface area contributed by atoms with Crippen molar-refractivity contribution < 1.29 is 9.18 Å². The lowest BCUT2D eigenvalue weighted by atomic mass is 10.0. The van der Waals surface area contributed by atoms with Crippen LogP contribution in [-0.2, 0) is 24.2 Å². The van der Waals surface area contributed by atoms with Crippen LogP contribution in [-0.4, -0.2) is 45.8 Å². The molecule has 27 heavy (non-hydrogen) atoms. The highest BCUT2D eigenvalue weighted by molar-refractivity contribution is 5.79. The van der Waals surface area contributed by atoms with Crippen molar-refractivity contribution in [3.05, 3.63) is 58.9 Å². The Morgan fingerprint density at radius 1 is 1.26 bits per heavy atom. The van der Waals surface area contributed by atoms with Gasteiger partial charge in [0.1, 0.15) is 11.6 Å². The fourth-order valence-corrected chi connectivity index (χ4v) is 4.02. The highest BCUT2D eigenvalue weighted by Gasteiger charge is 2.27. The average molecular weight is 368 g/mol. The van der Waals surface area contributed by atoms with Crippen LogP contribution in [0.3, 0.4) is 0 Å². The van der Waals surface area contributed by atoms with Gasteiger partial charge in [0, 0.05) is 31.3 Å². The van der Waals surface area contributed by atoms with E-state index in [2.05, 4.69) is 16.9 Å². The van der Waals surface area contributed by atoms with E-state index >= 15 is 0 Å². The van der Waals surface area contributed by atoms with Gasteiger partial charge in [0.25, 0.3) is 0 Å². The molecule has 0 N–H and O–H groups in total. The van der Waals surface area contributed by atoms with Crippen molar-refractivity contribution in [3.63, 3.8) is 0 Å². The second-order valence-corrected chi connectivity index (χ2v) is 7.53. The highest BCUT2D eigenvalue weighted by Crippen LogP contribution is 2.28. The van der Waals surface area contributed by atoms with Crippen LogP contribution in [0.25, 0.3) is 0 Å². The minimum atomic E-state index is -0.326. The number of nitrogens with zero attached hydrogens (tertiary/aromatic N) is 4. The van der Waals surface area contributed by atoms with E-state index in [0.29, 0.717) is 24.7 Å². The number of amides is 1. The number of piperidine rings is 1. The SMILES string of the molecule is CN1CCCC[C@@H]1c1ncc2c(n1)CCN(C(=O)Cc1ccccc1F)C2. The molecule has 142 valence electrons. The van der Waals surface area contributed by atoms with Crippen molar-refractivity contribution in [1.82, 2.24) is 19.8 Å². The Bertz CT molecular complexity index is 841. The molecule has 0 bridgehead atoms. The molecule has 0 unspecified atom stereocenters. The van der Waals surface area contributed by atoms with Gasteiger partial charge in [-0.3, -0.25) is 9.69 Å².